The van der Waals surface area contributed by atoms with Crippen LogP contribution in [-0.4, -0.2) is 80.3 Å². The van der Waals surface area contributed by atoms with Crippen LogP contribution in [0.25, 0.3) is 0 Å². The summed E-state index contributed by atoms with van der Waals surface area (Å²) in [6, 6.07) is 0. The topological polar surface area (TPSA) is 156 Å². The minimum absolute atomic E-state index is 0.0460. The number of hydrogen-bond donors (Lipinski definition) is 4. The lowest BCUT2D eigenvalue weighted by atomic mass is 10.5. The third-order valence-corrected chi connectivity index (χ3v) is 6.45. The molecule has 0 aromatic carbocycles. The van der Waals surface area contributed by atoms with Crippen molar-refractivity contribution >= 4 is 27.0 Å². The number of likely N-dealkylation sites (N-methyl/N-ethyl adjacent to an activating group) is 2. The molecule has 29 heavy (non-hydrogen) atoms. The predicted molar refractivity (Wildman–Crippen MR) is 108 cm³/mol. The number of carbonyl (C=O) groups excluding carboxylic acids is 2. The van der Waals surface area contributed by atoms with Gasteiger partial charge in [0.05, 0.1) is 25.8 Å². The maximum atomic E-state index is 13.0. The van der Waals surface area contributed by atoms with Crippen molar-refractivity contribution in [3.05, 3.63) is 0 Å². The maximum Gasteiger partial charge on any atom is 0.351 e. The van der Waals surface area contributed by atoms with Crippen molar-refractivity contribution in [2.75, 3.05) is 46.4 Å². The van der Waals surface area contributed by atoms with Gasteiger partial charge in [-0.3, -0.25) is 28.1 Å². The zero-order chi connectivity index (χ0) is 22.7. The number of nitrogens with one attached hydrogen (secondary N) is 3. The van der Waals surface area contributed by atoms with Crippen molar-refractivity contribution in [3.63, 3.8) is 0 Å². The van der Waals surface area contributed by atoms with Gasteiger partial charge >= 0.3 is 15.2 Å². The first-order valence-corrected chi connectivity index (χ1v) is 12.6. The molecule has 0 aromatic rings. The van der Waals surface area contributed by atoms with Crippen LogP contribution >= 0.6 is 15.2 Å². The fourth-order valence-corrected chi connectivity index (χ4v) is 4.70. The Bertz CT molecular complexity index is 619. The first-order valence-electron chi connectivity index (χ1n) is 9.14. The third kappa shape index (κ3) is 13.1. The summed E-state index contributed by atoms with van der Waals surface area (Å²) in [4.78, 5) is 34.5. The average Bonchev–Trinajstić information content (AvgIpc) is 2.58. The number of rotatable bonds is 15. The van der Waals surface area contributed by atoms with Crippen molar-refractivity contribution in [1.29, 1.82) is 0 Å². The maximum absolute atomic E-state index is 13.0. The number of amides is 2. The Kier molecular flexibility index (Phi) is 13.1. The van der Waals surface area contributed by atoms with Crippen molar-refractivity contribution < 1.29 is 37.2 Å². The van der Waals surface area contributed by atoms with Gasteiger partial charge in [-0.2, -0.15) is 0 Å². The zero-order valence-corrected chi connectivity index (χ0v) is 19.6. The molecule has 0 radical (unpaired) electrons. The summed E-state index contributed by atoms with van der Waals surface area (Å²) in [5.74, 6) is -0.911. The Morgan fingerprint density at radius 2 is 1.66 bits per heavy atom. The van der Waals surface area contributed by atoms with E-state index in [0.29, 0.717) is 0 Å². The summed E-state index contributed by atoms with van der Waals surface area (Å²) >= 11 is 0. The molecule has 3 unspecified atom stereocenters. The standard InChI is InChI=1S/C15H34N4O8P2/c1-7-25-28(22,23)10-17-15(21)9-19(6)13(4)27-29(24,26-12(2)3)11-18-14(20)8-16-5/h12-13,16H,7-11H2,1-6H3,(H,17,21)(H,18,20)(H,22,23). The van der Waals surface area contributed by atoms with Gasteiger partial charge in [-0.1, -0.05) is 0 Å². The van der Waals surface area contributed by atoms with E-state index in [1.54, 1.807) is 41.8 Å². The molecule has 172 valence electrons. The highest BCUT2D eigenvalue weighted by atomic mass is 31.2. The van der Waals surface area contributed by atoms with E-state index in [4.69, 9.17) is 9.05 Å². The van der Waals surface area contributed by atoms with Gasteiger partial charge < -0.3 is 29.9 Å². The van der Waals surface area contributed by atoms with Crippen LogP contribution in [0.4, 0.5) is 0 Å². The predicted octanol–water partition coefficient (Wildman–Crippen LogP) is 0.488. The lowest BCUT2D eigenvalue weighted by molar-refractivity contribution is -0.123. The second kappa shape index (κ2) is 13.5. The van der Waals surface area contributed by atoms with Crippen LogP contribution in [0, 0.1) is 0 Å². The van der Waals surface area contributed by atoms with Crippen LogP contribution in [0.2, 0.25) is 0 Å². The first kappa shape index (κ1) is 28.2. The van der Waals surface area contributed by atoms with E-state index >= 15 is 0 Å². The average molecular weight is 460 g/mol. The molecule has 0 aliphatic rings. The van der Waals surface area contributed by atoms with Gasteiger partial charge in [-0.05, 0) is 41.8 Å². The summed E-state index contributed by atoms with van der Waals surface area (Å²) in [5.41, 5.74) is 0. The molecule has 0 bridgehead atoms. The van der Waals surface area contributed by atoms with Crippen LogP contribution < -0.4 is 16.0 Å². The van der Waals surface area contributed by atoms with E-state index in [0.717, 1.165) is 0 Å². The fraction of sp³-hybridized carbons (Fsp3) is 0.867. The minimum Gasteiger partial charge on any atom is -0.343 e. The molecule has 12 nitrogen and oxygen atoms in total. The van der Waals surface area contributed by atoms with E-state index in [-0.39, 0.29) is 31.9 Å². The summed E-state index contributed by atoms with van der Waals surface area (Å²) < 4.78 is 40.2. The highest BCUT2D eigenvalue weighted by Crippen LogP contribution is 2.49. The van der Waals surface area contributed by atoms with Gasteiger partial charge in [0, 0.05) is 0 Å². The second-order valence-electron chi connectivity index (χ2n) is 6.49. The highest BCUT2D eigenvalue weighted by Gasteiger charge is 2.31. The molecule has 0 saturated heterocycles. The van der Waals surface area contributed by atoms with E-state index in [1.807, 2.05) is 0 Å². The Hall–Kier alpha value is -0.840. The molecule has 0 aliphatic carbocycles. The summed E-state index contributed by atoms with van der Waals surface area (Å²) in [5, 5.41) is 7.46. The molecular formula is C15H34N4O8P2. The van der Waals surface area contributed by atoms with Crippen molar-refractivity contribution in [2.45, 2.75) is 40.0 Å². The smallest absolute Gasteiger partial charge is 0.343 e. The van der Waals surface area contributed by atoms with Crippen LogP contribution in [0.3, 0.4) is 0 Å². The molecule has 0 heterocycles. The van der Waals surface area contributed by atoms with Gasteiger partial charge in [-0.25, -0.2) is 0 Å². The number of hydrogen-bond acceptors (Lipinski definition) is 9. The van der Waals surface area contributed by atoms with Gasteiger partial charge in [0.15, 0.2) is 0 Å². The van der Waals surface area contributed by atoms with E-state index in [2.05, 4.69) is 20.5 Å². The number of carbonyl (C=O) groups is 2. The van der Waals surface area contributed by atoms with Gasteiger partial charge in [0.2, 0.25) is 11.8 Å². The molecule has 4 N–H and O–H groups in total. The molecule has 0 spiro atoms. The summed E-state index contributed by atoms with van der Waals surface area (Å²) in [6.07, 6.45) is -2.06. The molecule has 0 aromatic heterocycles. The van der Waals surface area contributed by atoms with Crippen LogP contribution in [0.15, 0.2) is 0 Å². The quantitative estimate of drug-likeness (QED) is 0.200. The lowest BCUT2D eigenvalue weighted by Gasteiger charge is -2.29. The molecule has 0 saturated carbocycles. The van der Waals surface area contributed by atoms with Crippen molar-refractivity contribution in [2.24, 2.45) is 0 Å². The van der Waals surface area contributed by atoms with Crippen molar-refractivity contribution in [1.82, 2.24) is 20.9 Å². The van der Waals surface area contributed by atoms with E-state index in [1.165, 1.54) is 4.90 Å². The fourth-order valence-electron chi connectivity index (χ4n) is 1.99. The molecule has 0 fully saturated rings. The SMILES string of the molecule is CCOP(=O)(O)CNC(=O)CN(C)C(C)OP(=O)(CNC(=O)CNC)OC(C)C. The monoisotopic (exact) mass is 460 g/mol. The van der Waals surface area contributed by atoms with Crippen LogP contribution in [0.1, 0.15) is 27.7 Å². The molecule has 2 amide bonds. The Morgan fingerprint density at radius 1 is 1.07 bits per heavy atom. The van der Waals surface area contributed by atoms with E-state index in [9.17, 15) is 23.6 Å². The van der Waals surface area contributed by atoms with Crippen LogP contribution in [-0.2, 0) is 32.3 Å². The van der Waals surface area contributed by atoms with Crippen molar-refractivity contribution in [3.8, 4) is 0 Å². The normalized spacial score (nSPS) is 16.9. The molecule has 0 rings (SSSR count). The lowest BCUT2D eigenvalue weighted by Crippen LogP contribution is -2.41. The van der Waals surface area contributed by atoms with Crippen LogP contribution in [0.5, 0.6) is 0 Å². The van der Waals surface area contributed by atoms with Gasteiger partial charge in [0.1, 0.15) is 18.8 Å². The second-order valence-corrected chi connectivity index (χ2v) is 10.3. The zero-order valence-electron chi connectivity index (χ0n) is 17.8. The summed E-state index contributed by atoms with van der Waals surface area (Å²) in [6.45, 7) is 6.39. The molecular weight excluding hydrogens is 426 g/mol. The molecule has 3 atom stereocenters. The largest absolute Gasteiger partial charge is 0.351 e. The Balaban J connectivity index is 4.78. The third-order valence-electron chi connectivity index (χ3n) is 3.31. The summed E-state index contributed by atoms with van der Waals surface area (Å²) in [7, 11) is -4.42. The van der Waals surface area contributed by atoms with E-state index < -0.39 is 39.7 Å². The number of nitrogens with zero attached hydrogens (tertiary/aromatic N) is 1. The Labute approximate surface area is 172 Å². The highest BCUT2D eigenvalue weighted by molar-refractivity contribution is 7.53. The molecule has 0 aliphatic heterocycles. The minimum atomic E-state index is -3.88. The first-order chi connectivity index (χ1) is 13.3. The van der Waals surface area contributed by atoms with Gasteiger partial charge in [-0.15, -0.1) is 0 Å². The van der Waals surface area contributed by atoms with Gasteiger partial charge in [0.25, 0.3) is 0 Å². The molecule has 14 heteroatoms. The Morgan fingerprint density at radius 3 is 2.17 bits per heavy atom.